The summed E-state index contributed by atoms with van der Waals surface area (Å²) < 4.78 is 1.10. The van der Waals surface area contributed by atoms with Crippen molar-refractivity contribution in [3.63, 3.8) is 0 Å². The molecule has 0 unspecified atom stereocenters. The van der Waals surface area contributed by atoms with Gasteiger partial charge in [0.25, 0.3) is 0 Å². The Balaban J connectivity index is 0.00000144. The van der Waals surface area contributed by atoms with Crippen molar-refractivity contribution in [1.82, 2.24) is 10.6 Å². The quantitative estimate of drug-likeness (QED) is 0.889. The predicted molar refractivity (Wildman–Crippen MR) is 76.8 cm³/mol. The number of carbonyl (C=O) groups excluding carboxylic acids is 1. The fourth-order valence-corrected chi connectivity index (χ4v) is 3.24. The molecule has 1 amide bonds. The first-order valence-electron chi connectivity index (χ1n) is 5.51. The van der Waals surface area contributed by atoms with Gasteiger partial charge in [-0.2, -0.15) is 0 Å². The highest BCUT2D eigenvalue weighted by molar-refractivity contribution is 9.11. The Morgan fingerprint density at radius 2 is 2.35 bits per heavy atom. The number of halogens is 2. The van der Waals surface area contributed by atoms with Crippen LogP contribution in [0.1, 0.15) is 24.1 Å². The number of piperidine rings is 1. The van der Waals surface area contributed by atoms with Crippen LogP contribution in [0.3, 0.4) is 0 Å². The molecule has 1 saturated heterocycles. The summed E-state index contributed by atoms with van der Waals surface area (Å²) in [5, 5.41) is 6.21. The third-order valence-corrected chi connectivity index (χ3v) is 4.32. The van der Waals surface area contributed by atoms with E-state index in [0.29, 0.717) is 6.54 Å². The summed E-state index contributed by atoms with van der Waals surface area (Å²) in [5.74, 6) is 0.129. The van der Waals surface area contributed by atoms with Gasteiger partial charge in [-0.1, -0.05) is 6.42 Å². The molecule has 1 aliphatic heterocycles. The molecular formula is C11H16BrClN2OS. The maximum absolute atomic E-state index is 11.8. The maximum Gasteiger partial charge on any atom is 0.237 e. The standard InChI is InChI=1S/C11H15BrN2OS.ClH/c12-10-5-4-8(16-10)7-14-11(15)9-3-1-2-6-13-9;/h4-5,9,13H,1-3,6-7H2,(H,14,15);1H/t9-;/m1./s1. The van der Waals surface area contributed by atoms with Crippen LogP contribution in [0.25, 0.3) is 0 Å². The summed E-state index contributed by atoms with van der Waals surface area (Å²) in [4.78, 5) is 13.0. The summed E-state index contributed by atoms with van der Waals surface area (Å²) in [6.45, 7) is 1.59. The SMILES string of the molecule is Cl.O=C(NCc1ccc(Br)s1)[C@H]1CCCCN1. The number of carbonyl (C=O) groups is 1. The molecule has 2 heterocycles. The molecule has 0 aromatic carbocycles. The van der Waals surface area contributed by atoms with Crippen molar-refractivity contribution >= 4 is 45.6 Å². The van der Waals surface area contributed by atoms with Crippen molar-refractivity contribution in [3.8, 4) is 0 Å². The van der Waals surface area contributed by atoms with Gasteiger partial charge in [-0.25, -0.2) is 0 Å². The zero-order chi connectivity index (χ0) is 11.4. The molecule has 0 saturated carbocycles. The van der Waals surface area contributed by atoms with Crippen LogP contribution in [0.2, 0.25) is 0 Å². The lowest BCUT2D eigenvalue weighted by Gasteiger charge is -2.22. The molecule has 0 bridgehead atoms. The van der Waals surface area contributed by atoms with E-state index in [9.17, 15) is 4.79 Å². The molecule has 1 atom stereocenters. The molecule has 2 N–H and O–H groups in total. The lowest BCUT2D eigenvalue weighted by Crippen LogP contribution is -2.46. The van der Waals surface area contributed by atoms with Gasteiger partial charge in [-0.3, -0.25) is 4.79 Å². The Morgan fingerprint density at radius 1 is 1.53 bits per heavy atom. The predicted octanol–water partition coefficient (Wildman–Crippen LogP) is 2.69. The highest BCUT2D eigenvalue weighted by Crippen LogP contribution is 2.21. The van der Waals surface area contributed by atoms with Crippen LogP contribution in [0.5, 0.6) is 0 Å². The van der Waals surface area contributed by atoms with E-state index in [0.717, 1.165) is 23.2 Å². The van der Waals surface area contributed by atoms with Crippen molar-refractivity contribution in [2.24, 2.45) is 0 Å². The Labute approximate surface area is 120 Å². The molecule has 1 aromatic heterocycles. The molecule has 3 nitrogen and oxygen atoms in total. The fraction of sp³-hybridized carbons (Fsp3) is 0.545. The van der Waals surface area contributed by atoms with E-state index < -0.39 is 0 Å². The number of nitrogens with one attached hydrogen (secondary N) is 2. The highest BCUT2D eigenvalue weighted by atomic mass is 79.9. The van der Waals surface area contributed by atoms with Gasteiger partial charge in [0.1, 0.15) is 0 Å². The van der Waals surface area contributed by atoms with Crippen molar-refractivity contribution in [1.29, 1.82) is 0 Å². The lowest BCUT2D eigenvalue weighted by molar-refractivity contribution is -0.123. The molecule has 2 rings (SSSR count). The minimum atomic E-state index is 0. The molecule has 96 valence electrons. The van der Waals surface area contributed by atoms with E-state index in [-0.39, 0.29) is 24.4 Å². The third-order valence-electron chi connectivity index (χ3n) is 2.69. The van der Waals surface area contributed by atoms with Gasteiger partial charge in [-0.05, 0) is 47.4 Å². The molecule has 17 heavy (non-hydrogen) atoms. The Kier molecular flexibility index (Phi) is 6.48. The van der Waals surface area contributed by atoms with Crippen LogP contribution in [0.15, 0.2) is 15.9 Å². The van der Waals surface area contributed by atoms with Crippen LogP contribution in [0.4, 0.5) is 0 Å². The van der Waals surface area contributed by atoms with Gasteiger partial charge >= 0.3 is 0 Å². The van der Waals surface area contributed by atoms with E-state index in [1.165, 1.54) is 11.3 Å². The van der Waals surface area contributed by atoms with Gasteiger partial charge in [0.15, 0.2) is 0 Å². The van der Waals surface area contributed by atoms with Gasteiger partial charge in [0, 0.05) is 4.88 Å². The molecule has 0 radical (unpaired) electrons. The molecule has 6 heteroatoms. The van der Waals surface area contributed by atoms with E-state index in [4.69, 9.17) is 0 Å². The van der Waals surface area contributed by atoms with E-state index >= 15 is 0 Å². The van der Waals surface area contributed by atoms with Crippen molar-refractivity contribution in [2.75, 3.05) is 6.54 Å². The van der Waals surface area contributed by atoms with E-state index in [1.807, 2.05) is 12.1 Å². The lowest BCUT2D eigenvalue weighted by atomic mass is 10.0. The molecule has 1 fully saturated rings. The van der Waals surface area contributed by atoms with Crippen LogP contribution in [0, 0.1) is 0 Å². The van der Waals surface area contributed by atoms with Gasteiger partial charge in [0.2, 0.25) is 5.91 Å². The van der Waals surface area contributed by atoms with Crippen molar-refractivity contribution in [2.45, 2.75) is 31.8 Å². The largest absolute Gasteiger partial charge is 0.350 e. The average Bonchev–Trinajstić information content (AvgIpc) is 2.73. The topological polar surface area (TPSA) is 41.1 Å². The number of hydrogen-bond donors (Lipinski definition) is 2. The van der Waals surface area contributed by atoms with E-state index in [1.54, 1.807) is 11.3 Å². The summed E-state index contributed by atoms with van der Waals surface area (Å²) in [7, 11) is 0. The van der Waals surface area contributed by atoms with Crippen LogP contribution < -0.4 is 10.6 Å². The minimum absolute atomic E-state index is 0. The molecule has 0 spiro atoms. The second kappa shape index (κ2) is 7.36. The van der Waals surface area contributed by atoms with Gasteiger partial charge < -0.3 is 10.6 Å². The molecule has 1 aromatic rings. The second-order valence-electron chi connectivity index (χ2n) is 3.93. The summed E-state index contributed by atoms with van der Waals surface area (Å²) >= 11 is 5.07. The van der Waals surface area contributed by atoms with Gasteiger partial charge in [0.05, 0.1) is 16.4 Å². The van der Waals surface area contributed by atoms with Crippen LogP contribution in [-0.4, -0.2) is 18.5 Å². The van der Waals surface area contributed by atoms with Crippen LogP contribution in [-0.2, 0) is 11.3 Å². The van der Waals surface area contributed by atoms with Crippen LogP contribution >= 0.6 is 39.7 Å². The minimum Gasteiger partial charge on any atom is -0.350 e. The second-order valence-corrected chi connectivity index (χ2v) is 6.47. The summed E-state index contributed by atoms with van der Waals surface area (Å²) in [6.07, 6.45) is 3.29. The average molecular weight is 340 g/mol. The van der Waals surface area contributed by atoms with E-state index in [2.05, 4.69) is 26.6 Å². The molecular weight excluding hydrogens is 324 g/mol. The number of rotatable bonds is 3. The highest BCUT2D eigenvalue weighted by Gasteiger charge is 2.19. The van der Waals surface area contributed by atoms with Gasteiger partial charge in [-0.15, -0.1) is 23.7 Å². The smallest absolute Gasteiger partial charge is 0.237 e. The number of hydrogen-bond acceptors (Lipinski definition) is 3. The first kappa shape index (κ1) is 15.0. The summed E-state index contributed by atoms with van der Waals surface area (Å²) in [5.41, 5.74) is 0. The Morgan fingerprint density at radius 3 is 2.94 bits per heavy atom. The Bertz CT molecular complexity index is 366. The maximum atomic E-state index is 11.8. The molecule has 0 aliphatic carbocycles. The fourth-order valence-electron chi connectivity index (χ4n) is 1.82. The first-order chi connectivity index (χ1) is 7.75. The zero-order valence-electron chi connectivity index (χ0n) is 9.37. The van der Waals surface area contributed by atoms with Crippen molar-refractivity contribution in [3.05, 3.63) is 20.8 Å². The normalized spacial score (nSPS) is 19.5. The first-order valence-corrected chi connectivity index (χ1v) is 7.12. The zero-order valence-corrected chi connectivity index (χ0v) is 12.6. The summed E-state index contributed by atoms with van der Waals surface area (Å²) in [6, 6.07) is 4.05. The third kappa shape index (κ3) is 4.58. The molecule has 1 aliphatic rings. The van der Waals surface area contributed by atoms with Crippen molar-refractivity contribution < 1.29 is 4.79 Å². The number of thiophene rings is 1. The number of amides is 1. The Hall–Kier alpha value is -0.100. The monoisotopic (exact) mass is 338 g/mol.